The molecule has 3 rings (SSSR count). The van der Waals surface area contributed by atoms with E-state index >= 15 is 0 Å². The molecular formula is C22H24N2O3. The van der Waals surface area contributed by atoms with Gasteiger partial charge in [0, 0.05) is 36.8 Å². The molecule has 0 unspecified atom stereocenters. The molecule has 0 aliphatic carbocycles. The molecule has 0 radical (unpaired) electrons. The minimum Gasteiger partial charge on any atom is -0.496 e. The van der Waals surface area contributed by atoms with Crippen LogP contribution in [-0.2, 0) is 17.8 Å². The van der Waals surface area contributed by atoms with Crippen LogP contribution in [0.1, 0.15) is 11.1 Å². The third kappa shape index (κ3) is 5.50. The van der Waals surface area contributed by atoms with Crippen molar-refractivity contribution in [1.82, 2.24) is 4.90 Å². The smallest absolute Gasteiger partial charge is 0.122 e. The van der Waals surface area contributed by atoms with Crippen LogP contribution in [0.5, 0.6) is 11.5 Å². The molecule has 5 heteroatoms. The van der Waals surface area contributed by atoms with Gasteiger partial charge in [-0.2, -0.15) is 5.26 Å². The summed E-state index contributed by atoms with van der Waals surface area (Å²) in [5.41, 5.74) is 2.74. The number of rotatable bonds is 7. The first-order valence-corrected chi connectivity index (χ1v) is 9.04. The number of nitrogens with zero attached hydrogens (tertiary/aromatic N) is 2. The Bertz CT molecular complexity index is 806. The molecule has 27 heavy (non-hydrogen) atoms. The molecule has 0 N–H and O–H groups in total. The van der Waals surface area contributed by atoms with Crippen LogP contribution in [0.15, 0.2) is 60.3 Å². The van der Waals surface area contributed by atoms with Crippen molar-refractivity contribution in [2.75, 3.05) is 33.4 Å². The van der Waals surface area contributed by atoms with E-state index in [0.717, 1.165) is 35.7 Å². The molecule has 140 valence electrons. The Balaban J connectivity index is 1.72. The molecule has 5 nitrogen and oxygen atoms in total. The van der Waals surface area contributed by atoms with Crippen LogP contribution >= 0.6 is 0 Å². The normalized spacial score (nSPS) is 14.5. The minimum atomic E-state index is 0.500. The first-order valence-electron chi connectivity index (χ1n) is 9.04. The maximum absolute atomic E-state index is 9.55. The molecular weight excluding hydrogens is 340 g/mol. The molecule has 1 aliphatic rings. The number of ether oxygens (including phenoxy) is 3. The standard InChI is InChI=1S/C22H24N2O3/c1-25-22-8-7-21(27-17-18-5-3-2-4-6-18)14-20(22)13-19(15-23)16-24-9-11-26-12-10-24/h2-8,14,16H,9-13,17H2,1H3/b19-16-. The van der Waals surface area contributed by atoms with E-state index in [4.69, 9.17) is 14.2 Å². The van der Waals surface area contributed by atoms with E-state index in [1.807, 2.05) is 54.7 Å². The lowest BCUT2D eigenvalue weighted by atomic mass is 10.0. The molecule has 1 heterocycles. The predicted molar refractivity (Wildman–Crippen MR) is 104 cm³/mol. The summed E-state index contributed by atoms with van der Waals surface area (Å²) in [6.45, 7) is 3.51. The molecule has 1 fully saturated rings. The molecule has 0 atom stereocenters. The number of methoxy groups -OCH3 is 1. The molecule has 1 saturated heterocycles. The van der Waals surface area contributed by atoms with Crippen LogP contribution in [0.25, 0.3) is 0 Å². The quantitative estimate of drug-likeness (QED) is 0.703. The summed E-state index contributed by atoms with van der Waals surface area (Å²) in [5, 5.41) is 9.55. The second-order valence-electron chi connectivity index (χ2n) is 6.34. The highest BCUT2D eigenvalue weighted by Gasteiger charge is 2.12. The molecule has 0 saturated carbocycles. The van der Waals surface area contributed by atoms with Crippen molar-refractivity contribution in [3.05, 3.63) is 71.4 Å². The highest BCUT2D eigenvalue weighted by Crippen LogP contribution is 2.27. The Hall–Kier alpha value is -2.97. The number of nitriles is 1. The zero-order valence-electron chi connectivity index (χ0n) is 15.6. The molecule has 2 aromatic carbocycles. The Labute approximate surface area is 160 Å². The van der Waals surface area contributed by atoms with E-state index in [1.54, 1.807) is 7.11 Å². The number of hydrogen-bond donors (Lipinski definition) is 0. The Morgan fingerprint density at radius 2 is 1.96 bits per heavy atom. The van der Waals surface area contributed by atoms with Gasteiger partial charge in [0.25, 0.3) is 0 Å². The number of benzene rings is 2. The average molecular weight is 364 g/mol. The summed E-state index contributed by atoms with van der Waals surface area (Å²) in [6, 6.07) is 18.1. The van der Waals surface area contributed by atoms with Gasteiger partial charge in [0.2, 0.25) is 0 Å². The summed E-state index contributed by atoms with van der Waals surface area (Å²) in [7, 11) is 1.64. The molecule has 1 aliphatic heterocycles. The van der Waals surface area contributed by atoms with Crippen LogP contribution in [0, 0.1) is 11.3 Å². The van der Waals surface area contributed by atoms with Gasteiger partial charge in [-0.25, -0.2) is 0 Å². The van der Waals surface area contributed by atoms with Crippen molar-refractivity contribution < 1.29 is 14.2 Å². The fraction of sp³-hybridized carbons (Fsp3) is 0.318. The van der Waals surface area contributed by atoms with Gasteiger partial charge in [0.05, 0.1) is 26.4 Å². The second-order valence-corrected chi connectivity index (χ2v) is 6.34. The van der Waals surface area contributed by atoms with Gasteiger partial charge in [0.15, 0.2) is 0 Å². The number of allylic oxidation sites excluding steroid dienone is 1. The lowest BCUT2D eigenvalue weighted by Gasteiger charge is -2.25. The van der Waals surface area contributed by atoms with Crippen LogP contribution in [0.4, 0.5) is 0 Å². The Morgan fingerprint density at radius 1 is 1.19 bits per heavy atom. The summed E-state index contributed by atoms with van der Waals surface area (Å²) in [6.07, 6.45) is 2.43. The zero-order chi connectivity index (χ0) is 18.9. The van der Waals surface area contributed by atoms with Crippen LogP contribution in [0.2, 0.25) is 0 Å². The van der Waals surface area contributed by atoms with Gasteiger partial charge in [-0.3, -0.25) is 0 Å². The van der Waals surface area contributed by atoms with Crippen molar-refractivity contribution in [1.29, 1.82) is 5.26 Å². The van der Waals surface area contributed by atoms with Crippen LogP contribution in [0.3, 0.4) is 0 Å². The highest BCUT2D eigenvalue weighted by atomic mass is 16.5. The van der Waals surface area contributed by atoms with E-state index in [1.165, 1.54) is 0 Å². The zero-order valence-corrected chi connectivity index (χ0v) is 15.6. The van der Waals surface area contributed by atoms with Crippen molar-refractivity contribution >= 4 is 0 Å². The van der Waals surface area contributed by atoms with Crippen molar-refractivity contribution in [3.8, 4) is 17.6 Å². The first-order chi connectivity index (χ1) is 13.3. The number of morpholine rings is 1. The molecule has 0 amide bonds. The van der Waals surface area contributed by atoms with Gasteiger partial charge in [-0.05, 0) is 23.8 Å². The van der Waals surface area contributed by atoms with Crippen molar-refractivity contribution in [2.45, 2.75) is 13.0 Å². The van der Waals surface area contributed by atoms with Crippen molar-refractivity contribution in [2.24, 2.45) is 0 Å². The third-order valence-electron chi connectivity index (χ3n) is 4.41. The van der Waals surface area contributed by atoms with Gasteiger partial charge >= 0.3 is 0 Å². The van der Waals surface area contributed by atoms with Crippen LogP contribution < -0.4 is 9.47 Å². The molecule has 0 aromatic heterocycles. The van der Waals surface area contributed by atoms with Crippen LogP contribution in [-0.4, -0.2) is 38.3 Å². The summed E-state index contributed by atoms with van der Waals surface area (Å²) >= 11 is 0. The van der Waals surface area contributed by atoms with Gasteiger partial charge in [-0.15, -0.1) is 0 Å². The monoisotopic (exact) mass is 364 g/mol. The maximum Gasteiger partial charge on any atom is 0.122 e. The molecule has 2 aromatic rings. The summed E-state index contributed by atoms with van der Waals surface area (Å²) in [4.78, 5) is 2.13. The van der Waals surface area contributed by atoms with Crippen molar-refractivity contribution in [3.63, 3.8) is 0 Å². The highest BCUT2D eigenvalue weighted by molar-refractivity contribution is 5.44. The van der Waals surface area contributed by atoms with Gasteiger partial charge in [-0.1, -0.05) is 30.3 Å². The van der Waals surface area contributed by atoms with Gasteiger partial charge in [0.1, 0.15) is 18.1 Å². The Morgan fingerprint density at radius 3 is 2.67 bits per heavy atom. The first kappa shape index (κ1) is 18.8. The van der Waals surface area contributed by atoms with E-state index in [9.17, 15) is 5.26 Å². The van der Waals surface area contributed by atoms with E-state index in [0.29, 0.717) is 31.8 Å². The number of hydrogen-bond acceptors (Lipinski definition) is 5. The third-order valence-corrected chi connectivity index (χ3v) is 4.41. The second kappa shape index (κ2) is 9.65. The van der Waals surface area contributed by atoms with E-state index < -0.39 is 0 Å². The maximum atomic E-state index is 9.55. The van der Waals surface area contributed by atoms with Gasteiger partial charge < -0.3 is 19.1 Å². The predicted octanol–water partition coefficient (Wildman–Crippen LogP) is 3.56. The molecule has 0 bridgehead atoms. The lowest BCUT2D eigenvalue weighted by molar-refractivity contribution is 0.0591. The SMILES string of the molecule is COc1ccc(OCc2ccccc2)cc1C/C(C#N)=C/N1CCOCC1. The van der Waals surface area contributed by atoms with E-state index in [-0.39, 0.29) is 0 Å². The summed E-state index contributed by atoms with van der Waals surface area (Å²) in [5.74, 6) is 1.52. The lowest BCUT2D eigenvalue weighted by Crippen LogP contribution is -2.32. The average Bonchev–Trinajstić information content (AvgIpc) is 2.73. The minimum absolute atomic E-state index is 0.500. The van der Waals surface area contributed by atoms with E-state index in [2.05, 4.69) is 11.0 Å². The summed E-state index contributed by atoms with van der Waals surface area (Å²) < 4.78 is 16.7. The fourth-order valence-electron chi connectivity index (χ4n) is 2.97. The largest absolute Gasteiger partial charge is 0.496 e. The Kier molecular flexibility index (Phi) is 6.72. The molecule has 0 spiro atoms. The topological polar surface area (TPSA) is 54.7 Å². The fourth-order valence-corrected chi connectivity index (χ4v) is 2.97.